The molecule has 1 unspecified atom stereocenters. The molecule has 1 fully saturated rings. The number of aromatic nitrogens is 2. The SMILES string of the molecule is CN(C)C(=O)c1ccc(NCC2CCCS2(=O)=O)nn1. The molecule has 0 aromatic carbocycles. The number of rotatable bonds is 4. The second kappa shape index (κ2) is 5.74. The number of nitrogens with zero attached hydrogens (tertiary/aromatic N) is 3. The van der Waals surface area contributed by atoms with E-state index in [9.17, 15) is 13.2 Å². The molecule has 1 aromatic heterocycles. The van der Waals surface area contributed by atoms with E-state index in [0.717, 1.165) is 6.42 Å². The summed E-state index contributed by atoms with van der Waals surface area (Å²) in [6, 6.07) is 3.20. The Hall–Kier alpha value is -1.70. The first kappa shape index (κ1) is 14.7. The van der Waals surface area contributed by atoms with E-state index in [2.05, 4.69) is 15.5 Å². The number of carbonyl (C=O) groups excluding carboxylic acids is 1. The highest BCUT2D eigenvalue weighted by molar-refractivity contribution is 7.92. The molecule has 1 aromatic rings. The summed E-state index contributed by atoms with van der Waals surface area (Å²) in [5.41, 5.74) is 0.258. The highest BCUT2D eigenvalue weighted by atomic mass is 32.2. The molecule has 1 N–H and O–H groups in total. The van der Waals surface area contributed by atoms with Gasteiger partial charge in [0.2, 0.25) is 0 Å². The largest absolute Gasteiger partial charge is 0.367 e. The fourth-order valence-electron chi connectivity index (χ4n) is 2.08. The number of amides is 1. The fraction of sp³-hybridized carbons (Fsp3) is 0.583. The molecule has 1 saturated heterocycles. The predicted octanol–water partition coefficient (Wildman–Crippen LogP) is 0.167. The van der Waals surface area contributed by atoms with Crippen molar-refractivity contribution in [3.05, 3.63) is 17.8 Å². The van der Waals surface area contributed by atoms with Crippen molar-refractivity contribution >= 4 is 21.6 Å². The second-order valence-corrected chi connectivity index (χ2v) is 7.42. The molecule has 0 radical (unpaired) electrons. The van der Waals surface area contributed by atoms with Crippen molar-refractivity contribution in [3.8, 4) is 0 Å². The van der Waals surface area contributed by atoms with Crippen molar-refractivity contribution in [2.75, 3.05) is 31.7 Å². The van der Waals surface area contributed by atoms with Crippen LogP contribution >= 0.6 is 0 Å². The topological polar surface area (TPSA) is 92.3 Å². The maximum Gasteiger partial charge on any atom is 0.273 e. The lowest BCUT2D eigenvalue weighted by Gasteiger charge is -2.12. The minimum atomic E-state index is -2.96. The van der Waals surface area contributed by atoms with Gasteiger partial charge in [0.05, 0.1) is 11.0 Å². The number of hydrogen-bond donors (Lipinski definition) is 1. The minimum Gasteiger partial charge on any atom is -0.367 e. The summed E-state index contributed by atoms with van der Waals surface area (Å²) in [5.74, 6) is 0.520. The van der Waals surface area contributed by atoms with E-state index >= 15 is 0 Å². The van der Waals surface area contributed by atoms with Crippen LogP contribution in [0.2, 0.25) is 0 Å². The average molecular weight is 298 g/mol. The van der Waals surface area contributed by atoms with Crippen LogP contribution in [0.25, 0.3) is 0 Å². The summed E-state index contributed by atoms with van der Waals surface area (Å²) in [6.07, 6.45) is 1.40. The summed E-state index contributed by atoms with van der Waals surface area (Å²) in [6.45, 7) is 0.331. The smallest absolute Gasteiger partial charge is 0.273 e. The summed E-state index contributed by atoms with van der Waals surface area (Å²) in [5, 5.41) is 10.3. The Morgan fingerprint density at radius 3 is 2.65 bits per heavy atom. The van der Waals surface area contributed by atoms with E-state index in [1.807, 2.05) is 0 Å². The normalized spacial score (nSPS) is 20.6. The highest BCUT2D eigenvalue weighted by Gasteiger charge is 2.30. The van der Waals surface area contributed by atoms with Crippen LogP contribution in [-0.4, -0.2) is 61.1 Å². The highest BCUT2D eigenvalue weighted by Crippen LogP contribution is 2.20. The molecule has 8 heteroatoms. The fourth-order valence-corrected chi connectivity index (χ4v) is 3.84. The molecular weight excluding hydrogens is 280 g/mol. The molecule has 2 heterocycles. The van der Waals surface area contributed by atoms with Crippen molar-refractivity contribution in [2.24, 2.45) is 0 Å². The van der Waals surface area contributed by atoms with Crippen LogP contribution in [0.5, 0.6) is 0 Å². The third kappa shape index (κ3) is 3.24. The van der Waals surface area contributed by atoms with Gasteiger partial charge in [-0.25, -0.2) is 8.42 Å². The quantitative estimate of drug-likeness (QED) is 0.851. The third-order valence-corrected chi connectivity index (χ3v) is 5.54. The van der Waals surface area contributed by atoms with Crippen LogP contribution in [0.15, 0.2) is 12.1 Å². The number of hydrogen-bond acceptors (Lipinski definition) is 6. The molecule has 1 aliphatic heterocycles. The lowest BCUT2D eigenvalue weighted by Crippen LogP contribution is -2.26. The van der Waals surface area contributed by atoms with Gasteiger partial charge < -0.3 is 10.2 Å². The third-order valence-electron chi connectivity index (χ3n) is 3.26. The first-order valence-electron chi connectivity index (χ1n) is 6.41. The van der Waals surface area contributed by atoms with Gasteiger partial charge in [0, 0.05) is 20.6 Å². The summed E-state index contributed by atoms with van der Waals surface area (Å²) >= 11 is 0. The molecule has 20 heavy (non-hydrogen) atoms. The first-order chi connectivity index (χ1) is 9.40. The maximum absolute atomic E-state index is 11.7. The zero-order chi connectivity index (χ0) is 14.8. The molecule has 0 aliphatic carbocycles. The number of carbonyl (C=O) groups is 1. The molecule has 1 amide bonds. The standard InChI is InChI=1S/C12H18N4O3S/c1-16(2)12(17)10-5-6-11(15-14-10)13-8-9-4-3-7-20(9,18)19/h5-6,9H,3-4,7-8H2,1-2H3,(H,13,15). The number of sulfone groups is 1. The van der Waals surface area contributed by atoms with Crippen LogP contribution in [0.1, 0.15) is 23.3 Å². The van der Waals surface area contributed by atoms with E-state index in [1.165, 1.54) is 4.90 Å². The van der Waals surface area contributed by atoms with Gasteiger partial charge in [-0.05, 0) is 25.0 Å². The van der Waals surface area contributed by atoms with Crippen molar-refractivity contribution in [1.29, 1.82) is 0 Å². The van der Waals surface area contributed by atoms with Crippen molar-refractivity contribution < 1.29 is 13.2 Å². The molecule has 1 atom stereocenters. The van der Waals surface area contributed by atoms with Crippen LogP contribution in [0.4, 0.5) is 5.82 Å². The van der Waals surface area contributed by atoms with Crippen LogP contribution in [0.3, 0.4) is 0 Å². The van der Waals surface area contributed by atoms with Crippen LogP contribution < -0.4 is 5.32 Å². The van der Waals surface area contributed by atoms with Gasteiger partial charge in [-0.2, -0.15) is 0 Å². The Balaban J connectivity index is 1.96. The minimum absolute atomic E-state index is 0.220. The van der Waals surface area contributed by atoms with Crippen molar-refractivity contribution in [3.63, 3.8) is 0 Å². The Morgan fingerprint density at radius 2 is 2.15 bits per heavy atom. The molecule has 110 valence electrons. The Labute approximate surface area is 118 Å². The van der Waals surface area contributed by atoms with E-state index in [1.54, 1.807) is 26.2 Å². The van der Waals surface area contributed by atoms with E-state index in [0.29, 0.717) is 18.8 Å². The van der Waals surface area contributed by atoms with E-state index < -0.39 is 9.84 Å². The molecule has 0 saturated carbocycles. The molecule has 1 aliphatic rings. The lowest BCUT2D eigenvalue weighted by atomic mass is 10.2. The zero-order valence-corrected chi connectivity index (χ0v) is 12.4. The molecule has 2 rings (SSSR count). The van der Waals surface area contributed by atoms with Crippen LogP contribution in [-0.2, 0) is 9.84 Å². The second-order valence-electron chi connectivity index (χ2n) is 5.02. The van der Waals surface area contributed by atoms with Gasteiger partial charge in [0.25, 0.3) is 5.91 Å². The van der Waals surface area contributed by atoms with Gasteiger partial charge in [-0.15, -0.1) is 10.2 Å². The van der Waals surface area contributed by atoms with Gasteiger partial charge in [-0.1, -0.05) is 0 Å². The first-order valence-corrected chi connectivity index (χ1v) is 8.12. The van der Waals surface area contributed by atoms with Gasteiger partial charge >= 0.3 is 0 Å². The summed E-state index contributed by atoms with van der Waals surface area (Å²) in [4.78, 5) is 13.1. The molecular formula is C12H18N4O3S. The van der Waals surface area contributed by atoms with Gasteiger partial charge in [-0.3, -0.25) is 4.79 Å². The predicted molar refractivity (Wildman–Crippen MR) is 75.3 cm³/mol. The molecule has 7 nitrogen and oxygen atoms in total. The van der Waals surface area contributed by atoms with Gasteiger partial charge in [0.1, 0.15) is 5.82 Å². The molecule has 0 bridgehead atoms. The van der Waals surface area contributed by atoms with E-state index in [-0.39, 0.29) is 22.6 Å². The van der Waals surface area contributed by atoms with Crippen molar-refractivity contribution in [2.45, 2.75) is 18.1 Å². The Morgan fingerprint density at radius 1 is 1.40 bits per heavy atom. The number of nitrogens with one attached hydrogen (secondary N) is 1. The Bertz CT molecular complexity index is 583. The lowest BCUT2D eigenvalue weighted by molar-refractivity contribution is 0.0821. The van der Waals surface area contributed by atoms with Crippen molar-refractivity contribution in [1.82, 2.24) is 15.1 Å². The monoisotopic (exact) mass is 298 g/mol. The zero-order valence-electron chi connectivity index (χ0n) is 11.5. The van der Waals surface area contributed by atoms with Crippen LogP contribution in [0, 0.1) is 0 Å². The Kier molecular flexibility index (Phi) is 4.22. The van der Waals surface area contributed by atoms with E-state index in [4.69, 9.17) is 0 Å². The van der Waals surface area contributed by atoms with Gasteiger partial charge in [0.15, 0.2) is 15.5 Å². The number of anilines is 1. The maximum atomic E-state index is 11.7. The molecule has 0 spiro atoms. The average Bonchev–Trinajstić information content (AvgIpc) is 2.75. The summed E-state index contributed by atoms with van der Waals surface area (Å²) < 4.78 is 23.4. The summed E-state index contributed by atoms with van der Waals surface area (Å²) in [7, 11) is 0.318.